The third-order valence-corrected chi connectivity index (χ3v) is 4.58. The lowest BCUT2D eigenvalue weighted by Crippen LogP contribution is -1.97. The molecular weight excluding hydrogens is 322 g/mol. The molecule has 0 bridgehead atoms. The molecule has 3 heteroatoms. The third-order valence-electron chi connectivity index (χ3n) is 4.58. The molecule has 0 N–H and O–H groups in total. The van der Waals surface area contributed by atoms with Crippen LogP contribution in [0.4, 0.5) is 0 Å². The first-order chi connectivity index (χ1) is 12.6. The van der Waals surface area contributed by atoms with Gasteiger partial charge in [0.05, 0.1) is 0 Å². The fourth-order valence-corrected chi connectivity index (χ4v) is 3.13. The van der Waals surface area contributed by atoms with Crippen molar-refractivity contribution in [3.8, 4) is 17.2 Å². The van der Waals surface area contributed by atoms with Crippen molar-refractivity contribution >= 4 is 11.1 Å². The third kappa shape index (κ3) is 3.21. The van der Waals surface area contributed by atoms with Gasteiger partial charge in [-0.25, -0.2) is 4.98 Å². The van der Waals surface area contributed by atoms with Crippen molar-refractivity contribution in [1.29, 1.82) is 0 Å². The molecule has 0 amide bonds. The topological polar surface area (TPSA) is 35.3 Å². The van der Waals surface area contributed by atoms with Crippen molar-refractivity contribution in [3.05, 3.63) is 82.9 Å². The number of ether oxygens (including phenoxy) is 1. The fraction of sp³-hybridized carbons (Fsp3) is 0.174. The van der Waals surface area contributed by atoms with E-state index in [1.807, 2.05) is 43.3 Å². The Hall–Kier alpha value is -3.07. The van der Waals surface area contributed by atoms with Crippen LogP contribution in [0.5, 0.6) is 5.75 Å². The number of rotatable bonds is 4. The fourth-order valence-electron chi connectivity index (χ4n) is 3.13. The van der Waals surface area contributed by atoms with Crippen molar-refractivity contribution in [2.24, 2.45) is 0 Å². The van der Waals surface area contributed by atoms with Crippen LogP contribution in [0.1, 0.15) is 22.3 Å². The average Bonchev–Trinajstić information content (AvgIpc) is 3.06. The number of hydrogen-bond acceptors (Lipinski definition) is 3. The van der Waals surface area contributed by atoms with E-state index < -0.39 is 0 Å². The largest absolute Gasteiger partial charge is 0.489 e. The highest BCUT2D eigenvalue weighted by Crippen LogP contribution is 2.28. The van der Waals surface area contributed by atoms with Crippen LogP contribution in [0.15, 0.2) is 65.1 Å². The lowest BCUT2D eigenvalue weighted by molar-refractivity contribution is 0.305. The zero-order valence-corrected chi connectivity index (χ0v) is 15.2. The van der Waals surface area contributed by atoms with E-state index >= 15 is 0 Å². The van der Waals surface area contributed by atoms with E-state index in [4.69, 9.17) is 9.15 Å². The van der Waals surface area contributed by atoms with Crippen LogP contribution in [0.2, 0.25) is 0 Å². The number of nitrogens with zero attached hydrogens (tertiary/aromatic N) is 1. The summed E-state index contributed by atoms with van der Waals surface area (Å²) in [6, 6.07) is 20.3. The maximum atomic E-state index is 5.97. The molecule has 0 saturated carbocycles. The summed E-state index contributed by atoms with van der Waals surface area (Å²) in [4.78, 5) is 4.63. The van der Waals surface area contributed by atoms with E-state index in [9.17, 15) is 0 Å². The minimum Gasteiger partial charge on any atom is -0.489 e. The molecule has 0 aliphatic heterocycles. The summed E-state index contributed by atoms with van der Waals surface area (Å²) in [6.45, 7) is 6.78. The Labute approximate surface area is 153 Å². The first-order valence-electron chi connectivity index (χ1n) is 8.76. The van der Waals surface area contributed by atoms with Crippen molar-refractivity contribution in [1.82, 2.24) is 4.98 Å². The maximum Gasteiger partial charge on any atom is 0.227 e. The number of aromatic nitrogens is 1. The van der Waals surface area contributed by atoms with Crippen molar-refractivity contribution < 1.29 is 9.15 Å². The first-order valence-corrected chi connectivity index (χ1v) is 8.76. The monoisotopic (exact) mass is 343 g/mol. The van der Waals surface area contributed by atoms with Crippen LogP contribution in [0.3, 0.4) is 0 Å². The normalized spacial score (nSPS) is 11.0. The van der Waals surface area contributed by atoms with E-state index in [0.29, 0.717) is 12.5 Å². The summed E-state index contributed by atoms with van der Waals surface area (Å²) >= 11 is 0. The highest BCUT2D eigenvalue weighted by molar-refractivity contribution is 5.80. The van der Waals surface area contributed by atoms with Crippen LogP contribution >= 0.6 is 0 Å². The molecule has 1 heterocycles. The Morgan fingerprint density at radius 3 is 2.42 bits per heavy atom. The molecule has 0 radical (unpaired) electrons. The lowest BCUT2D eigenvalue weighted by atomic mass is 10.1. The van der Waals surface area contributed by atoms with Crippen LogP contribution in [-0.4, -0.2) is 4.98 Å². The molecule has 3 aromatic carbocycles. The van der Waals surface area contributed by atoms with Crippen molar-refractivity contribution in [3.63, 3.8) is 0 Å². The smallest absolute Gasteiger partial charge is 0.227 e. The van der Waals surface area contributed by atoms with Gasteiger partial charge in [-0.3, -0.25) is 0 Å². The summed E-state index contributed by atoms with van der Waals surface area (Å²) in [5, 5.41) is 0. The molecular formula is C23H21NO2. The SMILES string of the molecule is Cc1cc(C)c2oc(-c3ccc(OCc4ccccc4C)cc3)nc2c1. The predicted octanol–water partition coefficient (Wildman–Crippen LogP) is 6.00. The Balaban J connectivity index is 1.54. The minimum atomic E-state index is 0.563. The molecule has 0 aliphatic rings. The van der Waals surface area contributed by atoms with Gasteiger partial charge < -0.3 is 9.15 Å². The molecule has 0 atom stereocenters. The highest BCUT2D eigenvalue weighted by atomic mass is 16.5. The van der Waals surface area contributed by atoms with E-state index in [2.05, 4.69) is 43.1 Å². The Bertz CT molecular complexity index is 1060. The summed E-state index contributed by atoms with van der Waals surface area (Å²) in [5.41, 5.74) is 7.43. The minimum absolute atomic E-state index is 0.563. The molecule has 3 nitrogen and oxygen atoms in total. The molecule has 0 saturated heterocycles. The van der Waals surface area contributed by atoms with E-state index in [-0.39, 0.29) is 0 Å². The standard InChI is InChI=1S/C23H21NO2/c1-15-12-17(3)22-21(13-15)24-23(26-22)18-8-10-20(11-9-18)25-14-19-7-5-4-6-16(19)2/h4-13H,14H2,1-3H3. The van der Waals surface area contributed by atoms with Gasteiger partial charge in [0, 0.05) is 5.56 Å². The Morgan fingerprint density at radius 2 is 1.65 bits per heavy atom. The van der Waals surface area contributed by atoms with Crippen LogP contribution in [-0.2, 0) is 6.61 Å². The number of hydrogen-bond donors (Lipinski definition) is 0. The molecule has 1 aromatic heterocycles. The molecule has 0 unspecified atom stereocenters. The first kappa shape index (κ1) is 16.4. The second-order valence-electron chi connectivity index (χ2n) is 6.69. The van der Waals surface area contributed by atoms with E-state index in [0.717, 1.165) is 28.0 Å². The quantitative estimate of drug-likeness (QED) is 0.456. The van der Waals surface area contributed by atoms with Crippen LogP contribution in [0.25, 0.3) is 22.6 Å². The zero-order valence-electron chi connectivity index (χ0n) is 15.2. The highest BCUT2D eigenvalue weighted by Gasteiger charge is 2.11. The molecule has 26 heavy (non-hydrogen) atoms. The van der Waals surface area contributed by atoms with Gasteiger partial charge >= 0.3 is 0 Å². The van der Waals surface area contributed by atoms with Gasteiger partial charge in [-0.15, -0.1) is 0 Å². The molecule has 4 aromatic rings. The Kier molecular flexibility index (Phi) is 4.21. The summed E-state index contributed by atoms with van der Waals surface area (Å²) in [6.07, 6.45) is 0. The van der Waals surface area contributed by atoms with E-state index in [1.165, 1.54) is 16.7 Å². The second-order valence-corrected chi connectivity index (χ2v) is 6.69. The molecule has 4 rings (SSSR count). The number of fused-ring (bicyclic) bond motifs is 1. The van der Waals surface area contributed by atoms with Gasteiger partial charge in [0.2, 0.25) is 5.89 Å². The Morgan fingerprint density at radius 1 is 0.885 bits per heavy atom. The van der Waals surface area contributed by atoms with Gasteiger partial charge in [0.25, 0.3) is 0 Å². The molecule has 0 fully saturated rings. The summed E-state index contributed by atoms with van der Waals surface area (Å²) in [7, 11) is 0. The average molecular weight is 343 g/mol. The number of oxazole rings is 1. The van der Waals surface area contributed by atoms with Crippen molar-refractivity contribution in [2.75, 3.05) is 0 Å². The predicted molar refractivity (Wildman–Crippen MR) is 104 cm³/mol. The maximum absolute atomic E-state index is 5.97. The van der Waals surface area contributed by atoms with Gasteiger partial charge in [-0.2, -0.15) is 0 Å². The molecule has 130 valence electrons. The van der Waals surface area contributed by atoms with Gasteiger partial charge in [0.15, 0.2) is 5.58 Å². The zero-order chi connectivity index (χ0) is 18.1. The number of benzene rings is 3. The number of aryl methyl sites for hydroxylation is 3. The molecule has 0 aliphatic carbocycles. The lowest BCUT2D eigenvalue weighted by Gasteiger charge is -2.08. The van der Waals surface area contributed by atoms with Crippen LogP contribution < -0.4 is 4.74 Å². The van der Waals surface area contributed by atoms with Crippen molar-refractivity contribution in [2.45, 2.75) is 27.4 Å². The molecule has 0 spiro atoms. The van der Waals surface area contributed by atoms with E-state index in [1.54, 1.807) is 0 Å². The van der Waals surface area contributed by atoms with Gasteiger partial charge in [-0.05, 0) is 73.4 Å². The van der Waals surface area contributed by atoms with Crippen LogP contribution in [0, 0.1) is 20.8 Å². The summed E-state index contributed by atoms with van der Waals surface area (Å²) < 4.78 is 11.9. The second kappa shape index (κ2) is 6.68. The van der Waals surface area contributed by atoms with Gasteiger partial charge in [0.1, 0.15) is 17.9 Å². The van der Waals surface area contributed by atoms with Gasteiger partial charge in [-0.1, -0.05) is 30.3 Å². The summed E-state index contributed by atoms with van der Waals surface area (Å²) in [5.74, 6) is 1.47.